The van der Waals surface area contributed by atoms with Crippen LogP contribution in [0.5, 0.6) is 0 Å². The Kier molecular flexibility index (Phi) is 2.91. The molecule has 0 fully saturated rings. The van der Waals surface area contributed by atoms with Gasteiger partial charge in [0.1, 0.15) is 5.82 Å². The minimum atomic E-state index is -1.17. The lowest BCUT2D eigenvalue weighted by Gasteiger charge is -2.06. The molecule has 2 heterocycles. The van der Waals surface area contributed by atoms with E-state index < -0.39 is 6.09 Å². The van der Waals surface area contributed by atoms with Gasteiger partial charge in [-0.2, -0.15) is 0 Å². The highest BCUT2D eigenvalue weighted by Gasteiger charge is 2.06. The second-order valence-electron chi connectivity index (χ2n) is 3.33. The van der Waals surface area contributed by atoms with Gasteiger partial charge in [0.2, 0.25) is 0 Å². The van der Waals surface area contributed by atoms with E-state index in [-0.39, 0.29) is 0 Å². The van der Waals surface area contributed by atoms with Gasteiger partial charge < -0.3 is 5.11 Å². The summed E-state index contributed by atoms with van der Waals surface area (Å²) in [4.78, 5) is 18.6. The summed E-state index contributed by atoms with van der Waals surface area (Å²) in [6.07, 6.45) is 3.89. The van der Waals surface area contributed by atoms with Crippen LogP contribution in [0, 0.1) is 6.92 Å². The molecule has 1 amide bonds. The Bertz CT molecular complexity index is 523. The van der Waals surface area contributed by atoms with Crippen LogP contribution in [-0.4, -0.2) is 25.8 Å². The number of hydrogen-bond acceptors (Lipinski definition) is 4. The summed E-state index contributed by atoms with van der Waals surface area (Å²) in [5, 5.41) is 8.47. The lowest BCUT2D eigenvalue weighted by atomic mass is 10.2. The zero-order valence-corrected chi connectivity index (χ0v) is 9.08. The van der Waals surface area contributed by atoms with Crippen molar-refractivity contribution in [3.8, 4) is 11.3 Å². The molecule has 7 nitrogen and oxygen atoms in total. The van der Waals surface area contributed by atoms with Crippen LogP contribution in [0.25, 0.3) is 11.3 Å². The van der Waals surface area contributed by atoms with Crippen molar-refractivity contribution >= 4 is 6.09 Å². The highest BCUT2D eigenvalue weighted by molar-refractivity contribution is 5.64. The fraction of sp³-hybridized carbons (Fsp3) is 0.100. The van der Waals surface area contributed by atoms with E-state index in [0.29, 0.717) is 5.82 Å². The molecule has 0 atom stereocenters. The quantitative estimate of drug-likeness (QED) is 0.687. The van der Waals surface area contributed by atoms with E-state index in [2.05, 4.69) is 15.5 Å². The zero-order chi connectivity index (χ0) is 12.3. The van der Waals surface area contributed by atoms with Gasteiger partial charge in [0, 0.05) is 18.0 Å². The van der Waals surface area contributed by atoms with Gasteiger partial charge in [0.15, 0.2) is 0 Å². The Balaban J connectivity index is 2.22. The van der Waals surface area contributed by atoms with Crippen LogP contribution in [0.2, 0.25) is 0 Å². The van der Waals surface area contributed by atoms with Crippen LogP contribution < -0.4 is 11.0 Å². The second-order valence-corrected chi connectivity index (χ2v) is 3.33. The van der Waals surface area contributed by atoms with E-state index in [1.165, 1.54) is 4.68 Å². The molecule has 0 spiro atoms. The predicted octanol–water partition coefficient (Wildman–Crippen LogP) is 0.980. The number of imidazole rings is 1. The summed E-state index contributed by atoms with van der Waals surface area (Å²) in [7, 11) is 0. The van der Waals surface area contributed by atoms with Crippen LogP contribution in [0.1, 0.15) is 5.82 Å². The van der Waals surface area contributed by atoms with Crippen molar-refractivity contribution in [2.24, 2.45) is 0 Å². The number of hydrogen-bond donors (Lipinski definition) is 3. The average Bonchev–Trinajstić information content (AvgIpc) is 2.69. The number of nitrogens with one attached hydrogen (secondary N) is 2. The first kappa shape index (κ1) is 10.9. The minimum Gasteiger partial charge on any atom is -0.464 e. The van der Waals surface area contributed by atoms with Crippen LogP contribution in [0.3, 0.4) is 0 Å². The topological polar surface area (TPSA) is 92.1 Å². The third-order valence-corrected chi connectivity index (χ3v) is 2.12. The number of carbonyl (C=O) groups is 1. The van der Waals surface area contributed by atoms with E-state index in [4.69, 9.17) is 5.11 Å². The summed E-state index contributed by atoms with van der Waals surface area (Å²) in [5.74, 6) is 0.637. The normalized spacial score (nSPS) is 9.94. The van der Waals surface area contributed by atoms with Crippen molar-refractivity contribution in [2.75, 3.05) is 5.53 Å². The van der Waals surface area contributed by atoms with Crippen molar-refractivity contribution in [3.63, 3.8) is 0 Å². The number of aryl methyl sites for hydroxylation is 1. The van der Waals surface area contributed by atoms with Crippen molar-refractivity contribution in [3.05, 3.63) is 36.5 Å². The Morgan fingerprint density at radius 1 is 1.53 bits per heavy atom. The van der Waals surface area contributed by atoms with Crippen LogP contribution in [0.4, 0.5) is 4.79 Å². The Morgan fingerprint density at radius 3 is 3.00 bits per heavy atom. The lowest BCUT2D eigenvalue weighted by Crippen LogP contribution is -2.34. The maximum atomic E-state index is 10.3. The van der Waals surface area contributed by atoms with Crippen LogP contribution in [-0.2, 0) is 0 Å². The van der Waals surface area contributed by atoms with Gasteiger partial charge in [-0.05, 0) is 19.1 Å². The number of carboxylic acid groups (broad SMARTS) is 1. The molecule has 2 aromatic rings. The molecule has 2 rings (SSSR count). The first-order valence-electron chi connectivity index (χ1n) is 4.88. The molecule has 0 unspecified atom stereocenters. The zero-order valence-electron chi connectivity index (χ0n) is 9.08. The maximum absolute atomic E-state index is 10.3. The molecule has 0 aliphatic carbocycles. The smallest absolute Gasteiger partial charge is 0.424 e. The first-order valence-corrected chi connectivity index (χ1v) is 4.88. The van der Waals surface area contributed by atoms with Crippen molar-refractivity contribution in [1.29, 1.82) is 0 Å². The fourth-order valence-electron chi connectivity index (χ4n) is 1.35. The maximum Gasteiger partial charge on any atom is 0.424 e. The average molecular weight is 233 g/mol. The Labute approximate surface area is 97.1 Å². The highest BCUT2D eigenvalue weighted by atomic mass is 16.4. The minimum absolute atomic E-state index is 0.637. The number of pyridine rings is 1. The number of rotatable bonds is 3. The second kappa shape index (κ2) is 4.52. The summed E-state index contributed by atoms with van der Waals surface area (Å²) < 4.78 is 1.48. The third kappa shape index (κ3) is 2.51. The molecule has 0 radical (unpaired) electrons. The molecule has 2 aromatic heterocycles. The van der Waals surface area contributed by atoms with E-state index in [0.717, 1.165) is 11.3 Å². The van der Waals surface area contributed by atoms with Gasteiger partial charge in [0.05, 0.1) is 11.9 Å². The van der Waals surface area contributed by atoms with Crippen molar-refractivity contribution in [2.45, 2.75) is 6.92 Å². The van der Waals surface area contributed by atoms with Gasteiger partial charge in [-0.3, -0.25) is 4.98 Å². The largest absolute Gasteiger partial charge is 0.464 e. The molecule has 0 aromatic carbocycles. The van der Waals surface area contributed by atoms with Gasteiger partial charge in [-0.25, -0.2) is 25.4 Å². The Hall–Kier alpha value is -2.57. The van der Waals surface area contributed by atoms with Crippen molar-refractivity contribution < 1.29 is 9.90 Å². The Morgan fingerprint density at radius 2 is 2.35 bits per heavy atom. The lowest BCUT2D eigenvalue weighted by molar-refractivity contribution is 0.195. The molecule has 3 N–H and O–H groups in total. The van der Waals surface area contributed by atoms with Crippen LogP contribution >= 0.6 is 0 Å². The number of hydrazine groups is 1. The molecule has 0 bridgehead atoms. The SMILES string of the molecule is Cc1nc(-c2cccnc2)cn1NNC(=O)O. The summed E-state index contributed by atoms with van der Waals surface area (Å²) >= 11 is 0. The first-order chi connectivity index (χ1) is 8.16. The molecule has 17 heavy (non-hydrogen) atoms. The van der Waals surface area contributed by atoms with E-state index in [1.54, 1.807) is 25.5 Å². The third-order valence-electron chi connectivity index (χ3n) is 2.12. The summed E-state index contributed by atoms with van der Waals surface area (Å²) in [5.41, 5.74) is 6.11. The van der Waals surface area contributed by atoms with E-state index in [9.17, 15) is 4.79 Å². The molecule has 7 heteroatoms. The molecular weight excluding hydrogens is 222 g/mol. The molecule has 0 aliphatic heterocycles. The standard InChI is InChI=1S/C10H11N5O2/c1-7-12-9(8-3-2-4-11-5-8)6-15(7)14-13-10(16)17/h2-6,13-14H,1H3,(H,16,17). The molecule has 88 valence electrons. The van der Waals surface area contributed by atoms with E-state index >= 15 is 0 Å². The summed E-state index contributed by atoms with van der Waals surface area (Å²) in [6, 6.07) is 3.69. The van der Waals surface area contributed by atoms with Crippen molar-refractivity contribution in [1.82, 2.24) is 20.1 Å². The highest BCUT2D eigenvalue weighted by Crippen LogP contribution is 2.15. The summed E-state index contributed by atoms with van der Waals surface area (Å²) in [6.45, 7) is 1.76. The predicted molar refractivity (Wildman–Crippen MR) is 60.7 cm³/mol. The van der Waals surface area contributed by atoms with E-state index in [1.807, 2.05) is 17.6 Å². The number of aromatic nitrogens is 3. The van der Waals surface area contributed by atoms with Gasteiger partial charge >= 0.3 is 6.09 Å². The van der Waals surface area contributed by atoms with Gasteiger partial charge in [0.25, 0.3) is 0 Å². The monoisotopic (exact) mass is 233 g/mol. The van der Waals surface area contributed by atoms with Gasteiger partial charge in [-0.15, -0.1) is 0 Å². The molecule has 0 saturated heterocycles. The fourth-order valence-corrected chi connectivity index (χ4v) is 1.35. The number of amides is 1. The number of nitrogens with zero attached hydrogens (tertiary/aromatic N) is 3. The molecular formula is C10H11N5O2. The molecule has 0 saturated carbocycles. The van der Waals surface area contributed by atoms with Gasteiger partial charge in [-0.1, -0.05) is 0 Å². The van der Waals surface area contributed by atoms with Crippen LogP contribution in [0.15, 0.2) is 30.7 Å². The molecule has 0 aliphatic rings.